The molecule has 1 fully saturated rings. The number of nitrogens with one attached hydrogen (secondary N) is 1. The summed E-state index contributed by atoms with van der Waals surface area (Å²) in [4.78, 5) is 2.60. The van der Waals surface area contributed by atoms with E-state index >= 15 is 0 Å². The Balaban J connectivity index is 1.66. The Morgan fingerprint density at radius 2 is 2.14 bits per heavy atom. The monoisotopic (exact) mass is 288 g/mol. The molecule has 1 aromatic carbocycles. The average Bonchev–Trinajstić information content (AvgIpc) is 2.65. The minimum Gasteiger partial charge on any atom is -0.491 e. The molecule has 116 valence electrons. The van der Waals surface area contributed by atoms with Gasteiger partial charge in [0.1, 0.15) is 5.75 Å². The molecule has 2 aliphatic rings. The Hall–Kier alpha value is -1.22. The van der Waals surface area contributed by atoms with Crippen molar-refractivity contribution in [2.75, 3.05) is 31.1 Å². The highest BCUT2D eigenvalue weighted by Gasteiger charge is 2.36. The normalized spacial score (nSPS) is 25.0. The van der Waals surface area contributed by atoms with Crippen LogP contribution in [0.1, 0.15) is 33.1 Å². The van der Waals surface area contributed by atoms with Crippen molar-refractivity contribution in [3.8, 4) is 5.75 Å². The van der Waals surface area contributed by atoms with Gasteiger partial charge >= 0.3 is 0 Å². The van der Waals surface area contributed by atoms with Crippen LogP contribution in [0, 0.1) is 11.8 Å². The number of benzene rings is 1. The maximum atomic E-state index is 5.89. The molecule has 0 amide bonds. The van der Waals surface area contributed by atoms with Gasteiger partial charge in [0.2, 0.25) is 0 Å². The number of para-hydroxylation sites is 2. The van der Waals surface area contributed by atoms with Crippen LogP contribution in [0.15, 0.2) is 24.3 Å². The highest BCUT2D eigenvalue weighted by Crippen LogP contribution is 2.39. The van der Waals surface area contributed by atoms with Crippen LogP contribution in [0.2, 0.25) is 0 Å². The molecule has 1 saturated carbocycles. The molecule has 0 bridgehead atoms. The molecule has 2 unspecified atom stereocenters. The fourth-order valence-electron chi connectivity index (χ4n) is 3.46. The van der Waals surface area contributed by atoms with E-state index in [9.17, 15) is 0 Å². The van der Waals surface area contributed by atoms with Gasteiger partial charge in [-0.3, -0.25) is 0 Å². The SMILES string of the molecule is CC(C)CNCC1CCC1N1CCCOc2ccccc21. The number of fused-ring (bicyclic) bond motifs is 1. The van der Waals surface area contributed by atoms with E-state index in [1.807, 2.05) is 0 Å². The van der Waals surface area contributed by atoms with Gasteiger partial charge in [0.05, 0.1) is 12.3 Å². The summed E-state index contributed by atoms with van der Waals surface area (Å²) in [6, 6.07) is 9.22. The highest BCUT2D eigenvalue weighted by molar-refractivity contribution is 5.60. The number of anilines is 1. The molecule has 3 nitrogen and oxygen atoms in total. The molecule has 1 aliphatic heterocycles. The fraction of sp³-hybridized carbons (Fsp3) is 0.667. The molecular formula is C18H28N2O. The molecule has 2 atom stereocenters. The standard InChI is InChI=1S/C18H28N2O/c1-14(2)12-19-13-15-8-9-16(15)20-10-5-11-21-18-7-4-3-6-17(18)20/h3-4,6-7,14-16,19H,5,8-13H2,1-2H3. The van der Waals surface area contributed by atoms with Gasteiger partial charge in [-0.2, -0.15) is 0 Å². The maximum Gasteiger partial charge on any atom is 0.142 e. The summed E-state index contributed by atoms with van der Waals surface area (Å²) in [6.45, 7) is 8.80. The summed E-state index contributed by atoms with van der Waals surface area (Å²) >= 11 is 0. The van der Waals surface area contributed by atoms with Crippen molar-refractivity contribution in [2.24, 2.45) is 11.8 Å². The van der Waals surface area contributed by atoms with Crippen molar-refractivity contribution in [1.82, 2.24) is 5.32 Å². The number of rotatable bonds is 5. The second kappa shape index (κ2) is 6.69. The fourth-order valence-corrected chi connectivity index (χ4v) is 3.46. The Kier molecular flexibility index (Phi) is 4.69. The molecule has 3 heteroatoms. The summed E-state index contributed by atoms with van der Waals surface area (Å²) in [5, 5.41) is 3.64. The molecule has 1 aliphatic carbocycles. The third-order valence-electron chi connectivity index (χ3n) is 4.71. The van der Waals surface area contributed by atoms with Crippen LogP contribution < -0.4 is 15.0 Å². The first kappa shape index (κ1) is 14.7. The van der Waals surface area contributed by atoms with Gasteiger partial charge in [0, 0.05) is 12.6 Å². The largest absolute Gasteiger partial charge is 0.491 e. The van der Waals surface area contributed by atoms with E-state index in [1.165, 1.54) is 18.5 Å². The summed E-state index contributed by atoms with van der Waals surface area (Å²) in [6.07, 6.45) is 3.80. The van der Waals surface area contributed by atoms with Crippen molar-refractivity contribution in [2.45, 2.75) is 39.2 Å². The van der Waals surface area contributed by atoms with Crippen molar-refractivity contribution in [1.29, 1.82) is 0 Å². The average molecular weight is 288 g/mol. The van der Waals surface area contributed by atoms with Crippen LogP contribution in [-0.4, -0.2) is 32.3 Å². The van der Waals surface area contributed by atoms with E-state index in [2.05, 4.69) is 48.3 Å². The molecule has 0 spiro atoms. The summed E-state index contributed by atoms with van der Waals surface area (Å²) in [7, 11) is 0. The van der Waals surface area contributed by atoms with Crippen LogP contribution in [-0.2, 0) is 0 Å². The Morgan fingerprint density at radius 3 is 2.90 bits per heavy atom. The lowest BCUT2D eigenvalue weighted by molar-refractivity contribution is 0.231. The molecule has 21 heavy (non-hydrogen) atoms. The number of ether oxygens (including phenoxy) is 1. The second-order valence-electron chi connectivity index (χ2n) is 6.82. The van der Waals surface area contributed by atoms with Crippen LogP contribution in [0.25, 0.3) is 0 Å². The lowest BCUT2D eigenvalue weighted by atomic mass is 9.78. The zero-order chi connectivity index (χ0) is 14.7. The van der Waals surface area contributed by atoms with Crippen LogP contribution in [0.3, 0.4) is 0 Å². The third kappa shape index (κ3) is 3.34. The minimum absolute atomic E-state index is 0.688. The first-order valence-corrected chi connectivity index (χ1v) is 8.45. The minimum atomic E-state index is 0.688. The van der Waals surface area contributed by atoms with Gasteiger partial charge in [-0.05, 0) is 56.3 Å². The molecule has 3 rings (SSSR count). The topological polar surface area (TPSA) is 24.5 Å². The zero-order valence-corrected chi connectivity index (χ0v) is 13.3. The van der Waals surface area contributed by atoms with E-state index in [1.54, 1.807) is 0 Å². The van der Waals surface area contributed by atoms with Gasteiger partial charge in [0.25, 0.3) is 0 Å². The first-order valence-electron chi connectivity index (χ1n) is 8.45. The Morgan fingerprint density at radius 1 is 1.29 bits per heavy atom. The Bertz CT molecular complexity index is 460. The van der Waals surface area contributed by atoms with Crippen molar-refractivity contribution in [3.63, 3.8) is 0 Å². The summed E-state index contributed by atoms with van der Waals surface area (Å²) in [5.74, 6) is 2.58. The summed E-state index contributed by atoms with van der Waals surface area (Å²) < 4.78 is 5.89. The van der Waals surface area contributed by atoms with Gasteiger partial charge in [-0.25, -0.2) is 0 Å². The van der Waals surface area contributed by atoms with Crippen molar-refractivity contribution >= 4 is 5.69 Å². The van der Waals surface area contributed by atoms with Crippen LogP contribution in [0.5, 0.6) is 5.75 Å². The third-order valence-corrected chi connectivity index (χ3v) is 4.71. The van der Waals surface area contributed by atoms with Crippen LogP contribution in [0.4, 0.5) is 5.69 Å². The maximum absolute atomic E-state index is 5.89. The molecular weight excluding hydrogens is 260 g/mol. The van der Waals surface area contributed by atoms with E-state index < -0.39 is 0 Å². The lowest BCUT2D eigenvalue weighted by Crippen LogP contribution is -2.51. The van der Waals surface area contributed by atoms with E-state index in [0.717, 1.165) is 50.2 Å². The highest BCUT2D eigenvalue weighted by atomic mass is 16.5. The number of hydrogen-bond acceptors (Lipinski definition) is 3. The van der Waals surface area contributed by atoms with E-state index in [-0.39, 0.29) is 0 Å². The van der Waals surface area contributed by atoms with Crippen LogP contribution >= 0.6 is 0 Å². The number of hydrogen-bond donors (Lipinski definition) is 1. The molecule has 0 aromatic heterocycles. The zero-order valence-electron chi connectivity index (χ0n) is 13.3. The predicted octanol–water partition coefficient (Wildman–Crippen LogP) is 3.30. The summed E-state index contributed by atoms with van der Waals surface area (Å²) in [5.41, 5.74) is 1.30. The quantitative estimate of drug-likeness (QED) is 0.899. The lowest BCUT2D eigenvalue weighted by Gasteiger charge is -2.45. The number of nitrogens with zero attached hydrogens (tertiary/aromatic N) is 1. The predicted molar refractivity (Wildman–Crippen MR) is 88.1 cm³/mol. The van der Waals surface area contributed by atoms with Gasteiger partial charge < -0.3 is 15.0 Å². The molecule has 1 aromatic rings. The first-order chi connectivity index (χ1) is 10.3. The van der Waals surface area contributed by atoms with Crippen molar-refractivity contribution < 1.29 is 4.74 Å². The smallest absolute Gasteiger partial charge is 0.142 e. The van der Waals surface area contributed by atoms with Gasteiger partial charge in [-0.15, -0.1) is 0 Å². The van der Waals surface area contributed by atoms with Crippen molar-refractivity contribution in [3.05, 3.63) is 24.3 Å². The second-order valence-corrected chi connectivity index (χ2v) is 6.82. The molecule has 1 N–H and O–H groups in total. The van der Waals surface area contributed by atoms with E-state index in [4.69, 9.17) is 4.74 Å². The van der Waals surface area contributed by atoms with E-state index in [0.29, 0.717) is 6.04 Å². The molecule has 0 radical (unpaired) electrons. The molecule has 1 heterocycles. The van der Waals surface area contributed by atoms with Gasteiger partial charge in [0.15, 0.2) is 0 Å². The Labute approximate surface area is 128 Å². The van der Waals surface area contributed by atoms with Gasteiger partial charge in [-0.1, -0.05) is 26.0 Å². The molecule has 0 saturated heterocycles.